The zero-order valence-electron chi connectivity index (χ0n) is 13.3. The van der Waals surface area contributed by atoms with Crippen LogP contribution in [-0.2, 0) is 10.0 Å². The van der Waals surface area contributed by atoms with E-state index in [-0.39, 0.29) is 29.6 Å². The number of benzene rings is 1. The molecule has 0 aliphatic carbocycles. The Labute approximate surface area is 127 Å². The van der Waals surface area contributed by atoms with Gasteiger partial charge in [-0.1, -0.05) is 6.92 Å². The zero-order chi connectivity index (χ0) is 16.2. The van der Waals surface area contributed by atoms with E-state index < -0.39 is 10.0 Å². The molecule has 2 atom stereocenters. The summed E-state index contributed by atoms with van der Waals surface area (Å²) in [6.07, 6.45) is 0.0368. The Morgan fingerprint density at radius 1 is 1.24 bits per heavy atom. The van der Waals surface area contributed by atoms with Crippen molar-refractivity contribution in [3.8, 4) is 5.75 Å². The normalized spacial score (nSPS) is 15.0. The van der Waals surface area contributed by atoms with Crippen LogP contribution in [0, 0.1) is 12.8 Å². The van der Waals surface area contributed by atoms with Gasteiger partial charge in [-0.25, -0.2) is 13.1 Å². The van der Waals surface area contributed by atoms with Crippen LogP contribution in [0.4, 0.5) is 0 Å². The van der Waals surface area contributed by atoms with Gasteiger partial charge in [-0.15, -0.1) is 0 Å². The van der Waals surface area contributed by atoms with Crippen molar-refractivity contribution in [1.29, 1.82) is 0 Å². The van der Waals surface area contributed by atoms with Crippen LogP contribution < -0.4 is 9.46 Å². The molecule has 0 bridgehead atoms. The predicted octanol–water partition coefficient (Wildman–Crippen LogP) is 2.08. The second-order valence-corrected chi connectivity index (χ2v) is 7.38. The minimum Gasteiger partial charge on any atom is -0.491 e. The number of hydrogen-bond acceptors (Lipinski definition) is 4. The van der Waals surface area contributed by atoms with E-state index >= 15 is 0 Å². The van der Waals surface area contributed by atoms with Crippen molar-refractivity contribution in [3.05, 3.63) is 23.8 Å². The van der Waals surface area contributed by atoms with Crippen molar-refractivity contribution < 1.29 is 18.3 Å². The van der Waals surface area contributed by atoms with E-state index in [2.05, 4.69) is 4.72 Å². The van der Waals surface area contributed by atoms with Gasteiger partial charge in [-0.2, -0.15) is 0 Å². The number of hydrogen-bond donors (Lipinski definition) is 2. The van der Waals surface area contributed by atoms with Gasteiger partial charge in [0.1, 0.15) is 5.75 Å². The number of aryl methyl sites for hydroxylation is 1. The van der Waals surface area contributed by atoms with Crippen LogP contribution in [0.1, 0.15) is 33.3 Å². The third kappa shape index (κ3) is 4.98. The molecule has 0 spiro atoms. The molecule has 0 aliphatic heterocycles. The summed E-state index contributed by atoms with van der Waals surface area (Å²) in [6, 6.07) is 4.45. The molecule has 0 radical (unpaired) electrons. The molecule has 120 valence electrons. The number of nitrogens with one attached hydrogen (secondary N) is 1. The van der Waals surface area contributed by atoms with E-state index in [0.29, 0.717) is 5.75 Å². The number of rotatable bonds is 7. The highest BCUT2D eigenvalue weighted by Gasteiger charge is 2.21. The van der Waals surface area contributed by atoms with Gasteiger partial charge in [0.25, 0.3) is 0 Å². The standard InChI is InChI=1S/C15H25NO4S/c1-10(2)20-15-7-6-14(8-11(15)3)21(18,19)16-13(5)12(4)9-17/h6-8,10,12-13,16-17H,9H2,1-5H3. The molecular weight excluding hydrogens is 290 g/mol. The molecule has 0 saturated heterocycles. The van der Waals surface area contributed by atoms with Crippen molar-refractivity contribution in [3.63, 3.8) is 0 Å². The summed E-state index contributed by atoms with van der Waals surface area (Å²) in [5.74, 6) is 0.533. The first-order valence-electron chi connectivity index (χ1n) is 7.08. The first-order valence-corrected chi connectivity index (χ1v) is 8.56. The van der Waals surface area contributed by atoms with Crippen LogP contribution in [0.2, 0.25) is 0 Å². The van der Waals surface area contributed by atoms with E-state index in [9.17, 15) is 8.42 Å². The Balaban J connectivity index is 2.97. The highest BCUT2D eigenvalue weighted by molar-refractivity contribution is 7.89. The smallest absolute Gasteiger partial charge is 0.240 e. The summed E-state index contributed by atoms with van der Waals surface area (Å²) in [4.78, 5) is 0.202. The molecule has 2 unspecified atom stereocenters. The van der Waals surface area contributed by atoms with Crippen molar-refractivity contribution in [1.82, 2.24) is 4.72 Å². The minimum atomic E-state index is -3.60. The first-order chi connectivity index (χ1) is 9.67. The topological polar surface area (TPSA) is 75.6 Å². The van der Waals surface area contributed by atoms with Crippen LogP contribution in [-0.4, -0.2) is 32.3 Å². The van der Waals surface area contributed by atoms with Crippen molar-refractivity contribution in [2.45, 2.75) is 51.7 Å². The first kappa shape index (κ1) is 17.9. The molecular formula is C15H25NO4S. The maximum Gasteiger partial charge on any atom is 0.240 e. The molecule has 1 aromatic carbocycles. The van der Waals surface area contributed by atoms with E-state index in [1.165, 1.54) is 6.07 Å². The third-order valence-electron chi connectivity index (χ3n) is 3.30. The maximum atomic E-state index is 12.3. The van der Waals surface area contributed by atoms with Gasteiger partial charge in [0.05, 0.1) is 11.0 Å². The lowest BCUT2D eigenvalue weighted by molar-refractivity contribution is 0.216. The van der Waals surface area contributed by atoms with Crippen LogP contribution >= 0.6 is 0 Å². The molecule has 21 heavy (non-hydrogen) atoms. The van der Waals surface area contributed by atoms with Gasteiger partial charge in [-0.05, 0) is 57.4 Å². The molecule has 0 aromatic heterocycles. The number of aliphatic hydroxyl groups is 1. The van der Waals surface area contributed by atoms with E-state index in [4.69, 9.17) is 9.84 Å². The lowest BCUT2D eigenvalue weighted by Crippen LogP contribution is -2.38. The summed E-state index contributed by atoms with van der Waals surface area (Å²) < 4.78 is 32.8. The molecule has 1 rings (SSSR count). The average Bonchev–Trinajstić information content (AvgIpc) is 2.38. The minimum absolute atomic E-state index is 0.0368. The second-order valence-electron chi connectivity index (χ2n) is 5.66. The highest BCUT2D eigenvalue weighted by atomic mass is 32.2. The lowest BCUT2D eigenvalue weighted by Gasteiger charge is -2.20. The maximum absolute atomic E-state index is 12.3. The molecule has 0 amide bonds. The summed E-state index contributed by atoms with van der Waals surface area (Å²) in [5, 5.41) is 9.09. The quantitative estimate of drug-likeness (QED) is 0.808. The molecule has 2 N–H and O–H groups in total. The summed E-state index contributed by atoms with van der Waals surface area (Å²) in [7, 11) is -3.60. The zero-order valence-corrected chi connectivity index (χ0v) is 14.1. The van der Waals surface area contributed by atoms with Gasteiger partial charge in [0.15, 0.2) is 0 Å². The molecule has 0 fully saturated rings. The summed E-state index contributed by atoms with van der Waals surface area (Å²) >= 11 is 0. The van der Waals surface area contributed by atoms with Crippen LogP contribution in [0.3, 0.4) is 0 Å². The second kappa shape index (κ2) is 7.24. The number of ether oxygens (including phenoxy) is 1. The largest absolute Gasteiger partial charge is 0.491 e. The van der Waals surface area contributed by atoms with Gasteiger partial charge < -0.3 is 9.84 Å². The summed E-state index contributed by atoms with van der Waals surface area (Å²) in [6.45, 7) is 9.12. The summed E-state index contributed by atoms with van der Waals surface area (Å²) in [5.41, 5.74) is 0.773. The predicted molar refractivity (Wildman–Crippen MR) is 83.0 cm³/mol. The number of aliphatic hydroxyl groups excluding tert-OH is 1. The fraction of sp³-hybridized carbons (Fsp3) is 0.600. The molecule has 0 aliphatic rings. The van der Waals surface area contributed by atoms with Gasteiger partial charge in [0.2, 0.25) is 10.0 Å². The van der Waals surface area contributed by atoms with Crippen LogP contribution in [0.15, 0.2) is 23.1 Å². The van der Waals surface area contributed by atoms with Crippen molar-refractivity contribution in [2.75, 3.05) is 6.61 Å². The SMILES string of the molecule is Cc1cc(S(=O)(=O)NC(C)C(C)CO)ccc1OC(C)C. The van der Waals surface area contributed by atoms with Gasteiger partial charge in [-0.3, -0.25) is 0 Å². The van der Waals surface area contributed by atoms with Gasteiger partial charge in [0, 0.05) is 12.6 Å². The highest BCUT2D eigenvalue weighted by Crippen LogP contribution is 2.23. The average molecular weight is 315 g/mol. The van der Waals surface area contributed by atoms with Crippen LogP contribution in [0.25, 0.3) is 0 Å². The Bertz CT molecular complexity index is 569. The fourth-order valence-corrected chi connectivity index (χ4v) is 3.20. The van der Waals surface area contributed by atoms with Crippen LogP contribution in [0.5, 0.6) is 5.75 Å². The van der Waals surface area contributed by atoms with Crippen molar-refractivity contribution >= 4 is 10.0 Å². The lowest BCUT2D eigenvalue weighted by atomic mass is 10.1. The Hall–Kier alpha value is -1.11. The van der Waals surface area contributed by atoms with Gasteiger partial charge >= 0.3 is 0 Å². The Kier molecular flexibility index (Phi) is 6.19. The molecule has 0 saturated carbocycles. The van der Waals surface area contributed by atoms with E-state index in [1.807, 2.05) is 20.8 Å². The monoisotopic (exact) mass is 315 g/mol. The molecule has 1 aromatic rings. The Morgan fingerprint density at radius 3 is 2.33 bits per heavy atom. The van der Waals surface area contributed by atoms with Crippen molar-refractivity contribution in [2.24, 2.45) is 5.92 Å². The third-order valence-corrected chi connectivity index (χ3v) is 4.86. The number of sulfonamides is 1. The molecule has 5 nitrogen and oxygen atoms in total. The van der Waals surface area contributed by atoms with E-state index in [0.717, 1.165) is 5.56 Å². The fourth-order valence-electron chi connectivity index (χ4n) is 1.76. The molecule has 6 heteroatoms. The Morgan fingerprint density at radius 2 is 1.86 bits per heavy atom. The van der Waals surface area contributed by atoms with E-state index in [1.54, 1.807) is 26.0 Å². The molecule has 0 heterocycles.